The van der Waals surface area contributed by atoms with Crippen molar-refractivity contribution < 1.29 is 4.92 Å². The molecule has 1 aromatic carbocycles. The summed E-state index contributed by atoms with van der Waals surface area (Å²) in [6.07, 6.45) is 1.48. The van der Waals surface area contributed by atoms with Gasteiger partial charge in [-0.15, -0.1) is 0 Å². The molecular weight excluding hydrogens is 303 g/mol. The number of nitrogens with zero attached hydrogens (tertiary/aromatic N) is 2. The van der Waals surface area contributed by atoms with Crippen molar-refractivity contribution in [2.75, 3.05) is 0 Å². The maximum Gasteiger partial charge on any atom is 0.278 e. The molecule has 1 rings (SSSR count). The Labute approximate surface area is 91.3 Å². The highest BCUT2D eigenvalue weighted by molar-refractivity contribution is 14.2. The standard InChI is InChI=1S/C7H5IN2O2S/c8-13-9-5-6-3-1-2-4-7(6)10(11)12/h1-5H. The lowest BCUT2D eigenvalue weighted by Crippen LogP contribution is -1.93. The summed E-state index contributed by atoms with van der Waals surface area (Å²) < 4.78 is 3.86. The van der Waals surface area contributed by atoms with Crippen molar-refractivity contribution in [1.82, 2.24) is 0 Å². The molecule has 0 atom stereocenters. The third kappa shape index (κ3) is 2.96. The van der Waals surface area contributed by atoms with Gasteiger partial charge in [-0.2, -0.15) is 0 Å². The molecule has 0 unspecified atom stereocenters. The molecule has 6 heteroatoms. The van der Waals surface area contributed by atoms with Gasteiger partial charge in [-0.05, 0) is 6.07 Å². The fraction of sp³-hybridized carbons (Fsp3) is 0. The minimum atomic E-state index is -0.417. The first-order chi connectivity index (χ1) is 6.25. The van der Waals surface area contributed by atoms with Crippen molar-refractivity contribution in [3.8, 4) is 0 Å². The summed E-state index contributed by atoms with van der Waals surface area (Å²) >= 11 is 1.99. The molecule has 1 aromatic rings. The predicted molar refractivity (Wildman–Crippen MR) is 62.3 cm³/mol. The van der Waals surface area contributed by atoms with Gasteiger partial charge in [0.1, 0.15) is 0 Å². The molecule has 0 heterocycles. The molecule has 4 nitrogen and oxygen atoms in total. The van der Waals surface area contributed by atoms with E-state index in [1.54, 1.807) is 18.2 Å². The van der Waals surface area contributed by atoms with E-state index in [4.69, 9.17) is 0 Å². The van der Waals surface area contributed by atoms with Crippen LogP contribution in [0.3, 0.4) is 0 Å². The van der Waals surface area contributed by atoms with E-state index in [0.717, 1.165) is 0 Å². The lowest BCUT2D eigenvalue weighted by Gasteiger charge is -1.94. The van der Waals surface area contributed by atoms with Gasteiger partial charge in [0.05, 0.1) is 16.7 Å². The Kier molecular flexibility index (Phi) is 4.16. The second-order valence-corrected chi connectivity index (χ2v) is 3.65. The van der Waals surface area contributed by atoms with Crippen LogP contribution in [0.4, 0.5) is 5.69 Å². The normalized spacial score (nSPS) is 10.5. The average Bonchev–Trinajstić information content (AvgIpc) is 2.15. The average molecular weight is 308 g/mol. The number of halogens is 1. The largest absolute Gasteiger partial charge is 0.278 e. The maximum absolute atomic E-state index is 10.5. The Morgan fingerprint density at radius 1 is 1.54 bits per heavy atom. The van der Waals surface area contributed by atoms with E-state index in [1.807, 2.05) is 21.2 Å². The first-order valence-corrected chi connectivity index (χ1v) is 6.62. The van der Waals surface area contributed by atoms with Crippen LogP contribution < -0.4 is 0 Å². The van der Waals surface area contributed by atoms with E-state index >= 15 is 0 Å². The van der Waals surface area contributed by atoms with Crippen LogP contribution in [0.15, 0.2) is 28.7 Å². The molecule has 0 aromatic heterocycles. The summed E-state index contributed by atoms with van der Waals surface area (Å²) in [7, 11) is 1.23. The van der Waals surface area contributed by atoms with Crippen molar-refractivity contribution in [3.05, 3.63) is 39.9 Å². The van der Waals surface area contributed by atoms with Crippen LogP contribution in [0.5, 0.6) is 0 Å². The number of para-hydroxylation sites is 1. The van der Waals surface area contributed by atoms with Gasteiger partial charge in [-0.25, -0.2) is 4.40 Å². The molecule has 0 amide bonds. The second kappa shape index (κ2) is 5.18. The first kappa shape index (κ1) is 10.5. The minimum absolute atomic E-state index is 0.0803. The Hall–Kier alpha value is -0.630. The van der Waals surface area contributed by atoms with Crippen LogP contribution in [0.25, 0.3) is 0 Å². The lowest BCUT2D eigenvalue weighted by atomic mass is 10.2. The van der Waals surface area contributed by atoms with E-state index in [-0.39, 0.29) is 5.69 Å². The summed E-state index contributed by atoms with van der Waals surface area (Å²) in [4.78, 5) is 10.1. The molecule has 0 aliphatic rings. The summed E-state index contributed by atoms with van der Waals surface area (Å²) in [5, 5.41) is 10.5. The smallest absolute Gasteiger partial charge is 0.258 e. The molecule has 0 spiro atoms. The molecule has 13 heavy (non-hydrogen) atoms. The zero-order valence-electron chi connectivity index (χ0n) is 6.38. The highest BCUT2D eigenvalue weighted by atomic mass is 127. The van der Waals surface area contributed by atoms with Gasteiger partial charge in [-0.1, -0.05) is 12.1 Å². The van der Waals surface area contributed by atoms with Crippen LogP contribution >= 0.6 is 30.3 Å². The van der Waals surface area contributed by atoms with Crippen molar-refractivity contribution >= 4 is 42.2 Å². The summed E-state index contributed by atoms with van der Waals surface area (Å²) in [6, 6.07) is 6.49. The van der Waals surface area contributed by atoms with E-state index in [2.05, 4.69) is 4.40 Å². The molecule has 0 bridgehead atoms. The Bertz CT molecular complexity index is 343. The van der Waals surface area contributed by atoms with Crippen molar-refractivity contribution in [2.24, 2.45) is 4.40 Å². The third-order valence-corrected chi connectivity index (χ3v) is 2.23. The summed E-state index contributed by atoms with van der Waals surface area (Å²) in [6.45, 7) is 0. The third-order valence-electron chi connectivity index (χ3n) is 1.37. The molecular formula is C7H5IN2O2S. The van der Waals surface area contributed by atoms with E-state index in [1.165, 1.54) is 21.4 Å². The van der Waals surface area contributed by atoms with Crippen molar-refractivity contribution in [1.29, 1.82) is 0 Å². The zero-order chi connectivity index (χ0) is 9.68. The molecule has 0 aliphatic heterocycles. The molecule has 0 fully saturated rings. The molecule has 0 N–H and O–H groups in total. The van der Waals surface area contributed by atoms with Gasteiger partial charge >= 0.3 is 0 Å². The van der Waals surface area contributed by atoms with Gasteiger partial charge in [0.2, 0.25) is 0 Å². The predicted octanol–water partition coefficient (Wildman–Crippen LogP) is 3.01. The summed E-state index contributed by atoms with van der Waals surface area (Å²) in [5.74, 6) is 0. The molecule has 0 saturated heterocycles. The zero-order valence-corrected chi connectivity index (χ0v) is 9.36. The van der Waals surface area contributed by atoms with Crippen LogP contribution in [0.2, 0.25) is 0 Å². The van der Waals surface area contributed by atoms with E-state index in [9.17, 15) is 10.1 Å². The van der Waals surface area contributed by atoms with Gasteiger partial charge in [-0.3, -0.25) is 10.1 Å². The lowest BCUT2D eigenvalue weighted by molar-refractivity contribution is -0.385. The van der Waals surface area contributed by atoms with Crippen molar-refractivity contribution in [3.63, 3.8) is 0 Å². The molecule has 0 radical (unpaired) electrons. The van der Waals surface area contributed by atoms with E-state index in [0.29, 0.717) is 5.56 Å². The molecule has 68 valence electrons. The van der Waals surface area contributed by atoms with Gasteiger partial charge in [0.15, 0.2) is 0 Å². The van der Waals surface area contributed by atoms with E-state index < -0.39 is 4.92 Å². The van der Waals surface area contributed by atoms with Crippen LogP contribution in [-0.4, -0.2) is 11.1 Å². The quantitative estimate of drug-likeness (QED) is 0.283. The molecule has 0 aliphatic carbocycles. The van der Waals surface area contributed by atoms with Crippen LogP contribution in [-0.2, 0) is 0 Å². The highest BCUT2D eigenvalue weighted by Gasteiger charge is 2.09. The number of nitro groups is 1. The number of hydrogen-bond acceptors (Lipinski definition) is 4. The SMILES string of the molecule is O=[N+]([O-])c1ccccc1C=NSI. The second-order valence-electron chi connectivity index (χ2n) is 2.12. The Balaban J connectivity index is 3.05. The topological polar surface area (TPSA) is 55.5 Å². The van der Waals surface area contributed by atoms with Gasteiger partial charge in [0.25, 0.3) is 5.69 Å². The Morgan fingerprint density at radius 2 is 2.23 bits per heavy atom. The number of benzene rings is 1. The number of rotatable bonds is 3. The first-order valence-electron chi connectivity index (χ1n) is 3.30. The minimum Gasteiger partial charge on any atom is -0.258 e. The fourth-order valence-electron chi connectivity index (χ4n) is 0.840. The fourth-order valence-corrected chi connectivity index (χ4v) is 1.33. The van der Waals surface area contributed by atoms with Crippen molar-refractivity contribution in [2.45, 2.75) is 0 Å². The maximum atomic E-state index is 10.5. The summed E-state index contributed by atoms with van der Waals surface area (Å²) in [5.41, 5.74) is 0.605. The van der Waals surface area contributed by atoms with Gasteiger partial charge < -0.3 is 0 Å². The number of nitro benzene ring substituents is 1. The molecule has 0 saturated carbocycles. The van der Waals surface area contributed by atoms with Gasteiger partial charge in [0, 0.05) is 36.4 Å². The highest BCUT2D eigenvalue weighted by Crippen LogP contribution is 2.17. The van der Waals surface area contributed by atoms with Crippen LogP contribution in [0, 0.1) is 10.1 Å². The number of hydrogen-bond donors (Lipinski definition) is 0. The van der Waals surface area contributed by atoms with Crippen LogP contribution in [0.1, 0.15) is 5.56 Å². The Morgan fingerprint density at radius 3 is 2.85 bits per heavy atom. The monoisotopic (exact) mass is 308 g/mol.